The van der Waals surface area contributed by atoms with E-state index in [1.54, 1.807) is 42.5 Å². The highest BCUT2D eigenvalue weighted by molar-refractivity contribution is 6.46. The molecule has 9 heteroatoms. The van der Waals surface area contributed by atoms with Crippen molar-refractivity contribution in [3.63, 3.8) is 0 Å². The van der Waals surface area contributed by atoms with E-state index in [4.69, 9.17) is 18.9 Å². The summed E-state index contributed by atoms with van der Waals surface area (Å²) in [5.74, 6) is -0.0704. The smallest absolute Gasteiger partial charge is 0.295 e. The molecule has 192 valence electrons. The maximum atomic E-state index is 13.3. The largest absolute Gasteiger partial charge is 0.507 e. The molecule has 2 aromatic carbocycles. The molecule has 0 bridgehead atoms. The fraction of sp³-hybridized carbons (Fsp3) is 0.407. The maximum absolute atomic E-state index is 13.3. The van der Waals surface area contributed by atoms with Gasteiger partial charge in [-0.25, -0.2) is 0 Å². The molecule has 0 saturated carbocycles. The first-order chi connectivity index (χ1) is 17.5. The lowest BCUT2D eigenvalue weighted by molar-refractivity contribution is -0.140. The number of Topliss-reactive ketones (excluding diaryl/α,β-unsaturated/α-hetero) is 1. The van der Waals surface area contributed by atoms with Gasteiger partial charge in [0.25, 0.3) is 11.7 Å². The van der Waals surface area contributed by atoms with E-state index in [1.807, 2.05) is 6.92 Å². The molecule has 2 saturated heterocycles. The Morgan fingerprint density at radius 3 is 2.47 bits per heavy atom. The Bertz CT molecular complexity index is 1140. The van der Waals surface area contributed by atoms with Gasteiger partial charge in [0.05, 0.1) is 45.7 Å². The molecular formula is C27H32N2O7. The summed E-state index contributed by atoms with van der Waals surface area (Å²) in [5.41, 5.74) is 1.07. The topological polar surface area (TPSA) is 97.8 Å². The molecule has 0 aliphatic carbocycles. The Morgan fingerprint density at radius 1 is 1.03 bits per heavy atom. The second kappa shape index (κ2) is 11.5. The normalized spacial score (nSPS) is 20.0. The van der Waals surface area contributed by atoms with Crippen LogP contribution in [0.4, 0.5) is 0 Å². The highest BCUT2D eigenvalue weighted by Crippen LogP contribution is 2.42. The zero-order valence-electron chi connectivity index (χ0n) is 20.9. The van der Waals surface area contributed by atoms with Gasteiger partial charge in [0.1, 0.15) is 11.5 Å². The van der Waals surface area contributed by atoms with Crippen LogP contribution in [0.1, 0.15) is 24.1 Å². The Hall–Kier alpha value is -3.56. The minimum Gasteiger partial charge on any atom is -0.507 e. The lowest BCUT2D eigenvalue weighted by atomic mass is 9.95. The van der Waals surface area contributed by atoms with Crippen LogP contribution in [0.3, 0.4) is 0 Å². The number of carbonyl (C=O) groups excluding carboxylic acids is 2. The average molecular weight is 497 g/mol. The van der Waals surface area contributed by atoms with E-state index in [-0.39, 0.29) is 11.3 Å². The number of methoxy groups -OCH3 is 2. The Morgan fingerprint density at radius 2 is 1.78 bits per heavy atom. The van der Waals surface area contributed by atoms with Gasteiger partial charge in [-0.1, -0.05) is 18.2 Å². The van der Waals surface area contributed by atoms with Crippen LogP contribution in [0.25, 0.3) is 5.76 Å². The van der Waals surface area contributed by atoms with Crippen LogP contribution >= 0.6 is 0 Å². The second-order valence-electron chi connectivity index (χ2n) is 8.52. The van der Waals surface area contributed by atoms with Crippen molar-refractivity contribution in [1.29, 1.82) is 0 Å². The molecule has 2 fully saturated rings. The van der Waals surface area contributed by atoms with Crippen LogP contribution < -0.4 is 14.2 Å². The third kappa shape index (κ3) is 5.17. The molecule has 0 aromatic heterocycles. The summed E-state index contributed by atoms with van der Waals surface area (Å²) in [6.45, 7) is 6.01. The molecule has 2 aromatic rings. The van der Waals surface area contributed by atoms with Crippen molar-refractivity contribution in [2.24, 2.45) is 0 Å². The van der Waals surface area contributed by atoms with E-state index < -0.39 is 17.7 Å². The number of aliphatic hydroxyl groups excluding tert-OH is 1. The third-order valence-electron chi connectivity index (χ3n) is 6.44. The average Bonchev–Trinajstić information content (AvgIpc) is 3.17. The molecule has 1 N–H and O–H groups in total. The first-order valence-electron chi connectivity index (χ1n) is 12.0. The standard InChI is InChI=1S/C27H32N2O7/c1-4-36-20-7-5-6-19(16-20)25(30)23-24(18-8-9-21(33-2)22(17-18)34-3)29(27(32)26(23)31)11-10-28-12-14-35-15-13-28/h5-9,16-17,24,30H,4,10-15H2,1-3H3. The van der Waals surface area contributed by atoms with Crippen molar-refractivity contribution >= 4 is 17.4 Å². The Labute approximate surface area is 210 Å². The van der Waals surface area contributed by atoms with Gasteiger partial charge in [-0.2, -0.15) is 0 Å². The van der Waals surface area contributed by atoms with Crippen LogP contribution in [-0.2, 0) is 14.3 Å². The van der Waals surface area contributed by atoms with Gasteiger partial charge in [-0.3, -0.25) is 14.5 Å². The van der Waals surface area contributed by atoms with Gasteiger partial charge in [0.15, 0.2) is 11.5 Å². The van der Waals surface area contributed by atoms with Gasteiger partial charge >= 0.3 is 0 Å². The number of hydrogen-bond donors (Lipinski definition) is 1. The predicted octanol–water partition coefficient (Wildman–Crippen LogP) is 2.86. The predicted molar refractivity (Wildman–Crippen MR) is 133 cm³/mol. The molecule has 1 unspecified atom stereocenters. The quantitative estimate of drug-likeness (QED) is 0.322. The summed E-state index contributed by atoms with van der Waals surface area (Å²) in [6, 6.07) is 11.3. The number of nitrogens with zero attached hydrogens (tertiary/aromatic N) is 2. The number of likely N-dealkylation sites (tertiary alicyclic amines) is 1. The SMILES string of the molecule is CCOc1cccc(C(O)=C2C(=O)C(=O)N(CCN3CCOCC3)C2c2ccc(OC)c(OC)c2)c1. The first kappa shape index (κ1) is 25.5. The van der Waals surface area contributed by atoms with E-state index >= 15 is 0 Å². The molecule has 2 heterocycles. The number of ketones is 1. The lowest BCUT2D eigenvalue weighted by Crippen LogP contribution is -2.42. The van der Waals surface area contributed by atoms with Crippen LogP contribution in [0.2, 0.25) is 0 Å². The summed E-state index contributed by atoms with van der Waals surface area (Å²) in [4.78, 5) is 30.3. The number of benzene rings is 2. The van der Waals surface area contributed by atoms with E-state index in [0.717, 1.165) is 13.1 Å². The van der Waals surface area contributed by atoms with Crippen molar-refractivity contribution in [2.45, 2.75) is 13.0 Å². The molecule has 0 radical (unpaired) electrons. The first-order valence-corrected chi connectivity index (χ1v) is 12.0. The van der Waals surface area contributed by atoms with Crippen LogP contribution in [0.5, 0.6) is 17.2 Å². The van der Waals surface area contributed by atoms with Crippen molar-refractivity contribution in [2.75, 3.05) is 60.2 Å². The molecular weight excluding hydrogens is 464 g/mol. The van der Waals surface area contributed by atoms with Gasteiger partial charge in [0, 0.05) is 31.7 Å². The molecule has 0 spiro atoms. The summed E-state index contributed by atoms with van der Waals surface area (Å²) in [6.07, 6.45) is 0. The van der Waals surface area contributed by atoms with Gasteiger partial charge < -0.3 is 29.0 Å². The van der Waals surface area contributed by atoms with E-state index in [2.05, 4.69) is 4.90 Å². The molecule has 4 rings (SSSR count). The third-order valence-corrected chi connectivity index (χ3v) is 6.44. The molecule has 9 nitrogen and oxygen atoms in total. The number of rotatable bonds is 9. The van der Waals surface area contributed by atoms with Gasteiger partial charge in [-0.15, -0.1) is 0 Å². The summed E-state index contributed by atoms with van der Waals surface area (Å²) >= 11 is 0. The summed E-state index contributed by atoms with van der Waals surface area (Å²) in [5, 5.41) is 11.3. The number of amides is 1. The molecule has 1 amide bonds. The maximum Gasteiger partial charge on any atom is 0.295 e. The van der Waals surface area contributed by atoms with Crippen molar-refractivity contribution in [1.82, 2.24) is 9.80 Å². The molecule has 2 aliphatic rings. The van der Waals surface area contributed by atoms with Gasteiger partial charge in [-0.05, 0) is 36.8 Å². The Kier molecular flexibility index (Phi) is 8.12. The number of ether oxygens (including phenoxy) is 4. The number of hydrogen-bond acceptors (Lipinski definition) is 8. The van der Waals surface area contributed by atoms with Crippen LogP contribution in [0.15, 0.2) is 48.0 Å². The lowest BCUT2D eigenvalue weighted by Gasteiger charge is -2.31. The van der Waals surface area contributed by atoms with E-state index in [1.165, 1.54) is 19.1 Å². The van der Waals surface area contributed by atoms with Crippen molar-refractivity contribution in [3.8, 4) is 17.2 Å². The molecule has 1 atom stereocenters. The van der Waals surface area contributed by atoms with Crippen molar-refractivity contribution < 1.29 is 33.6 Å². The van der Waals surface area contributed by atoms with Crippen molar-refractivity contribution in [3.05, 3.63) is 59.2 Å². The van der Waals surface area contributed by atoms with E-state index in [9.17, 15) is 14.7 Å². The minimum absolute atomic E-state index is 0.0304. The number of morpholine rings is 1. The highest BCUT2D eigenvalue weighted by Gasteiger charge is 2.46. The number of carbonyl (C=O) groups is 2. The molecule has 2 aliphatic heterocycles. The van der Waals surface area contributed by atoms with E-state index in [0.29, 0.717) is 61.3 Å². The zero-order valence-corrected chi connectivity index (χ0v) is 20.9. The van der Waals surface area contributed by atoms with Gasteiger partial charge in [0.2, 0.25) is 0 Å². The highest BCUT2D eigenvalue weighted by atomic mass is 16.5. The zero-order chi connectivity index (χ0) is 25.7. The number of aliphatic hydroxyl groups is 1. The summed E-state index contributed by atoms with van der Waals surface area (Å²) in [7, 11) is 3.06. The summed E-state index contributed by atoms with van der Waals surface area (Å²) < 4.78 is 21.8. The minimum atomic E-state index is -0.790. The fourth-order valence-electron chi connectivity index (χ4n) is 4.61. The van der Waals surface area contributed by atoms with Crippen LogP contribution in [0, 0.1) is 0 Å². The second-order valence-corrected chi connectivity index (χ2v) is 8.52. The van der Waals surface area contributed by atoms with Crippen LogP contribution in [-0.4, -0.2) is 86.8 Å². The Balaban J connectivity index is 1.78. The fourth-order valence-corrected chi connectivity index (χ4v) is 4.61. The molecule has 36 heavy (non-hydrogen) atoms. The monoisotopic (exact) mass is 496 g/mol.